The first-order valence-electron chi connectivity index (χ1n) is 12.4. The van der Waals surface area contributed by atoms with Crippen molar-refractivity contribution in [1.29, 1.82) is 5.26 Å². The molecule has 2 N–H and O–H groups in total. The first-order valence-corrected chi connectivity index (χ1v) is 13.5. The number of allylic oxidation sites excluding steroid dienone is 3. The van der Waals surface area contributed by atoms with Gasteiger partial charge in [0, 0.05) is 24.7 Å². The number of ketones is 1. The number of Topliss-reactive ketones (excluding diaryl/α,β-unsaturated/α-hetero) is 1. The second-order valence-electron chi connectivity index (χ2n) is 9.23. The lowest BCUT2D eigenvalue weighted by Gasteiger charge is -2.37. The zero-order chi connectivity index (χ0) is 26.1. The fraction of sp³-hybridized carbons (Fsp3) is 0.267. The first-order chi connectivity index (χ1) is 17.9. The van der Waals surface area contributed by atoms with Crippen LogP contribution in [0.2, 0.25) is 0 Å². The molecule has 0 aromatic heterocycles. The minimum absolute atomic E-state index is 0.0719. The summed E-state index contributed by atoms with van der Waals surface area (Å²) < 4.78 is 13.2. The van der Waals surface area contributed by atoms with Crippen molar-refractivity contribution in [3.05, 3.63) is 92.0 Å². The summed E-state index contributed by atoms with van der Waals surface area (Å²) >= 11 is 2.24. The van der Waals surface area contributed by atoms with Crippen LogP contribution in [0.25, 0.3) is 10.8 Å². The monoisotopic (exact) mass is 605 g/mol. The number of nitriles is 1. The summed E-state index contributed by atoms with van der Waals surface area (Å²) in [6.45, 7) is 2.76. The number of benzene rings is 3. The van der Waals surface area contributed by atoms with Gasteiger partial charge in [-0.1, -0.05) is 42.5 Å². The summed E-state index contributed by atoms with van der Waals surface area (Å²) in [5, 5.41) is 12.4. The van der Waals surface area contributed by atoms with E-state index in [-0.39, 0.29) is 5.78 Å². The number of carbonyl (C=O) groups is 1. The minimum atomic E-state index is -0.524. The lowest BCUT2D eigenvalue weighted by Crippen LogP contribution is -2.36. The number of ether oxygens (including phenoxy) is 2. The fourth-order valence-corrected chi connectivity index (χ4v) is 6.10. The van der Waals surface area contributed by atoms with Gasteiger partial charge >= 0.3 is 0 Å². The van der Waals surface area contributed by atoms with Crippen molar-refractivity contribution in [2.45, 2.75) is 38.7 Å². The number of hydrogen-bond acceptors (Lipinski definition) is 6. The molecule has 0 amide bonds. The van der Waals surface area contributed by atoms with Crippen LogP contribution in [0, 0.1) is 14.9 Å². The normalized spacial score (nSPS) is 17.6. The molecule has 0 spiro atoms. The van der Waals surface area contributed by atoms with Gasteiger partial charge in [0.15, 0.2) is 17.3 Å². The molecule has 0 saturated carbocycles. The molecule has 3 aromatic rings. The van der Waals surface area contributed by atoms with Gasteiger partial charge in [0.05, 0.1) is 27.7 Å². The van der Waals surface area contributed by atoms with Crippen molar-refractivity contribution in [2.24, 2.45) is 5.73 Å². The van der Waals surface area contributed by atoms with E-state index in [1.807, 2.05) is 44.3 Å². The molecular weight excluding hydrogens is 577 g/mol. The third-order valence-electron chi connectivity index (χ3n) is 7.09. The molecule has 6 nitrogen and oxygen atoms in total. The lowest BCUT2D eigenvalue weighted by atomic mass is 9.76. The predicted molar refractivity (Wildman–Crippen MR) is 152 cm³/mol. The van der Waals surface area contributed by atoms with Crippen LogP contribution >= 0.6 is 22.6 Å². The van der Waals surface area contributed by atoms with Crippen molar-refractivity contribution < 1.29 is 14.3 Å². The van der Waals surface area contributed by atoms with Gasteiger partial charge in [-0.05, 0) is 76.4 Å². The summed E-state index contributed by atoms with van der Waals surface area (Å²) in [5.74, 6) is 1.17. The van der Waals surface area contributed by atoms with E-state index >= 15 is 0 Å². The molecule has 5 rings (SSSR count). The molecule has 0 bridgehead atoms. The average molecular weight is 605 g/mol. The molecule has 3 aromatic carbocycles. The standard InChI is InChI=1S/C30H28IN3O3/c1-3-36-26-15-20(27-22(16-32)30(33)34(2)24-12-7-13-25(35)28(24)27)14-23(31)29(26)37-17-19-10-6-9-18-8-4-5-11-21(18)19/h4-6,8-11,14-15,27H,3,7,12-13,17,33H2,1-2H3/t27-/m0/s1. The van der Waals surface area contributed by atoms with E-state index in [1.54, 1.807) is 4.90 Å². The van der Waals surface area contributed by atoms with Gasteiger partial charge in [0.25, 0.3) is 0 Å². The van der Waals surface area contributed by atoms with E-state index in [9.17, 15) is 10.1 Å². The molecule has 1 atom stereocenters. The van der Waals surface area contributed by atoms with Crippen LogP contribution in [0.1, 0.15) is 43.2 Å². The van der Waals surface area contributed by atoms with Crippen LogP contribution in [-0.4, -0.2) is 24.3 Å². The van der Waals surface area contributed by atoms with E-state index in [4.69, 9.17) is 15.2 Å². The summed E-state index contributed by atoms with van der Waals surface area (Å²) in [7, 11) is 1.83. The first kappa shape index (κ1) is 25.2. The average Bonchev–Trinajstić information content (AvgIpc) is 2.90. The maximum absolute atomic E-state index is 13.1. The second-order valence-corrected chi connectivity index (χ2v) is 10.4. The Morgan fingerprint density at radius 1 is 1.14 bits per heavy atom. The highest BCUT2D eigenvalue weighted by Crippen LogP contribution is 2.47. The van der Waals surface area contributed by atoms with Crippen molar-refractivity contribution in [1.82, 2.24) is 4.90 Å². The van der Waals surface area contributed by atoms with Gasteiger partial charge in [0.2, 0.25) is 0 Å². The Bertz CT molecular complexity index is 1500. The van der Waals surface area contributed by atoms with Gasteiger partial charge in [-0.3, -0.25) is 4.79 Å². The molecule has 0 unspecified atom stereocenters. The maximum Gasteiger partial charge on any atom is 0.174 e. The lowest BCUT2D eigenvalue weighted by molar-refractivity contribution is -0.116. The fourth-order valence-electron chi connectivity index (χ4n) is 5.32. The summed E-state index contributed by atoms with van der Waals surface area (Å²) in [6.07, 6.45) is 2.02. The molecule has 1 aliphatic heterocycles. The van der Waals surface area contributed by atoms with Gasteiger partial charge in [-0.25, -0.2) is 0 Å². The SMILES string of the molecule is CCOc1cc([C@H]2C(C#N)=C(N)N(C)C3=C2C(=O)CCC3)cc(I)c1OCc1cccc2ccccc12. The molecule has 1 heterocycles. The number of nitrogens with zero attached hydrogens (tertiary/aromatic N) is 2. The third kappa shape index (κ3) is 4.55. The van der Waals surface area contributed by atoms with Crippen LogP contribution in [0.4, 0.5) is 0 Å². The summed E-state index contributed by atoms with van der Waals surface area (Å²) in [5.41, 5.74) is 10.3. The number of rotatable bonds is 6. The predicted octanol–water partition coefficient (Wildman–Crippen LogP) is 6.15. The molecule has 0 radical (unpaired) electrons. The molecule has 188 valence electrons. The Hall–Kier alpha value is -3.51. The van der Waals surface area contributed by atoms with Gasteiger partial charge < -0.3 is 20.1 Å². The largest absolute Gasteiger partial charge is 0.490 e. The highest BCUT2D eigenvalue weighted by molar-refractivity contribution is 14.1. The minimum Gasteiger partial charge on any atom is -0.490 e. The van der Waals surface area contributed by atoms with E-state index in [0.717, 1.165) is 44.0 Å². The highest BCUT2D eigenvalue weighted by atomic mass is 127. The van der Waals surface area contributed by atoms with Crippen LogP contribution in [0.5, 0.6) is 11.5 Å². The topological polar surface area (TPSA) is 88.6 Å². The summed E-state index contributed by atoms with van der Waals surface area (Å²) in [4.78, 5) is 14.9. The van der Waals surface area contributed by atoms with Gasteiger partial charge in [-0.2, -0.15) is 5.26 Å². The Morgan fingerprint density at radius 3 is 2.70 bits per heavy atom. The van der Waals surface area contributed by atoms with Crippen LogP contribution in [0.15, 0.2) is 77.3 Å². The van der Waals surface area contributed by atoms with Crippen molar-refractivity contribution in [3.8, 4) is 17.6 Å². The van der Waals surface area contributed by atoms with Crippen LogP contribution < -0.4 is 15.2 Å². The Labute approximate surface area is 230 Å². The molecular formula is C30H28IN3O3. The van der Waals surface area contributed by atoms with Crippen molar-refractivity contribution in [3.63, 3.8) is 0 Å². The Morgan fingerprint density at radius 2 is 1.92 bits per heavy atom. The number of hydrogen-bond donors (Lipinski definition) is 1. The Kier molecular flexibility index (Phi) is 7.11. The zero-order valence-corrected chi connectivity index (χ0v) is 23.0. The number of carbonyl (C=O) groups excluding carboxylic acids is 1. The molecule has 37 heavy (non-hydrogen) atoms. The molecule has 1 aliphatic carbocycles. The number of halogens is 1. The quantitative estimate of drug-likeness (QED) is 0.339. The Balaban J connectivity index is 1.56. The molecule has 2 aliphatic rings. The third-order valence-corrected chi connectivity index (χ3v) is 7.89. The number of nitrogens with two attached hydrogens (primary N) is 1. The molecule has 0 fully saturated rings. The second kappa shape index (κ2) is 10.5. The van der Waals surface area contributed by atoms with E-state index < -0.39 is 5.92 Å². The van der Waals surface area contributed by atoms with Crippen molar-refractivity contribution in [2.75, 3.05) is 13.7 Å². The van der Waals surface area contributed by atoms with E-state index in [2.05, 4.69) is 52.9 Å². The van der Waals surface area contributed by atoms with Crippen LogP contribution in [-0.2, 0) is 11.4 Å². The zero-order valence-electron chi connectivity index (χ0n) is 20.9. The molecule has 0 saturated heterocycles. The highest BCUT2D eigenvalue weighted by Gasteiger charge is 2.39. The van der Waals surface area contributed by atoms with Crippen molar-refractivity contribution >= 4 is 39.1 Å². The van der Waals surface area contributed by atoms with Gasteiger partial charge in [0.1, 0.15) is 12.4 Å². The van der Waals surface area contributed by atoms with Gasteiger partial charge in [-0.15, -0.1) is 0 Å². The smallest absolute Gasteiger partial charge is 0.174 e. The summed E-state index contributed by atoms with van der Waals surface area (Å²) in [6, 6.07) is 20.6. The van der Waals surface area contributed by atoms with E-state index in [0.29, 0.717) is 48.1 Å². The maximum atomic E-state index is 13.1. The van der Waals surface area contributed by atoms with E-state index in [1.165, 1.54) is 0 Å². The van der Waals surface area contributed by atoms with Crippen LogP contribution in [0.3, 0.4) is 0 Å². The molecule has 7 heteroatoms. The number of fused-ring (bicyclic) bond motifs is 1.